The Balaban J connectivity index is 2.47. The average molecular weight is 180 g/mol. The van der Waals surface area contributed by atoms with Gasteiger partial charge >= 0.3 is 0 Å². The van der Waals surface area contributed by atoms with Gasteiger partial charge in [0.15, 0.2) is 17.1 Å². The summed E-state index contributed by atoms with van der Waals surface area (Å²) in [7, 11) is 0. The Hall–Kier alpha value is -1.03. The zero-order chi connectivity index (χ0) is 8.39. The lowest BCUT2D eigenvalue weighted by atomic mass is 10.5. The molecular weight excluding hydrogens is 172 g/mol. The molecule has 62 valence electrons. The Labute approximate surface area is 75.2 Å². The van der Waals surface area contributed by atoms with Crippen molar-refractivity contribution in [2.75, 3.05) is 5.75 Å². The lowest BCUT2D eigenvalue weighted by Gasteiger charge is -1.84. The number of aromatic nitrogens is 2. The molecule has 0 aliphatic heterocycles. The summed E-state index contributed by atoms with van der Waals surface area (Å²) in [5.74, 6) is 1.45. The lowest BCUT2D eigenvalue weighted by molar-refractivity contribution is 0.539. The molecule has 3 nitrogen and oxygen atoms in total. The molecule has 12 heavy (non-hydrogen) atoms. The van der Waals surface area contributed by atoms with E-state index in [-0.39, 0.29) is 0 Å². The van der Waals surface area contributed by atoms with E-state index in [0.29, 0.717) is 11.5 Å². The predicted molar refractivity (Wildman–Crippen MR) is 49.4 cm³/mol. The van der Waals surface area contributed by atoms with Crippen molar-refractivity contribution in [3.63, 3.8) is 0 Å². The first-order chi connectivity index (χ1) is 5.90. The molecule has 4 heteroatoms. The van der Waals surface area contributed by atoms with Crippen molar-refractivity contribution in [1.82, 2.24) is 9.97 Å². The van der Waals surface area contributed by atoms with Crippen molar-refractivity contribution in [2.24, 2.45) is 0 Å². The molecule has 0 saturated carbocycles. The fourth-order valence-electron chi connectivity index (χ4n) is 1.02. The number of nitrogens with zero attached hydrogens (tertiary/aromatic N) is 2. The number of aryl methyl sites for hydroxylation is 1. The zero-order valence-electron chi connectivity index (χ0n) is 6.40. The molecule has 0 aliphatic carbocycles. The minimum atomic E-state index is 0.675. The summed E-state index contributed by atoms with van der Waals surface area (Å²) < 4.78 is 5.39. The van der Waals surface area contributed by atoms with Crippen molar-refractivity contribution in [3.05, 3.63) is 24.2 Å². The fourth-order valence-corrected chi connectivity index (χ4v) is 1.21. The zero-order valence-corrected chi connectivity index (χ0v) is 7.29. The first-order valence-electron chi connectivity index (χ1n) is 3.71. The summed E-state index contributed by atoms with van der Waals surface area (Å²) in [6.07, 6.45) is 2.45. The van der Waals surface area contributed by atoms with E-state index in [2.05, 4.69) is 22.6 Å². The number of pyridine rings is 1. The van der Waals surface area contributed by atoms with Gasteiger partial charge in [0.25, 0.3) is 0 Å². The van der Waals surface area contributed by atoms with Gasteiger partial charge in [-0.2, -0.15) is 17.6 Å². The number of thiol groups is 1. The smallest absolute Gasteiger partial charge is 0.198 e. The van der Waals surface area contributed by atoms with Gasteiger partial charge < -0.3 is 4.42 Å². The molecule has 0 fully saturated rings. The highest BCUT2D eigenvalue weighted by Gasteiger charge is 2.03. The highest BCUT2D eigenvalue weighted by atomic mass is 32.1. The van der Waals surface area contributed by atoms with Crippen LogP contribution in [0.3, 0.4) is 0 Å². The lowest BCUT2D eigenvalue weighted by Crippen LogP contribution is -1.84. The highest BCUT2D eigenvalue weighted by Crippen LogP contribution is 2.12. The van der Waals surface area contributed by atoms with Gasteiger partial charge in [-0.15, -0.1) is 0 Å². The largest absolute Gasteiger partial charge is 0.439 e. The maximum atomic E-state index is 5.39. The third kappa shape index (κ3) is 1.30. The van der Waals surface area contributed by atoms with Gasteiger partial charge in [0, 0.05) is 12.6 Å². The number of fused-ring (bicyclic) bond motifs is 1. The van der Waals surface area contributed by atoms with Crippen molar-refractivity contribution in [3.8, 4) is 0 Å². The molecule has 2 rings (SSSR count). The van der Waals surface area contributed by atoms with E-state index in [9.17, 15) is 0 Å². The van der Waals surface area contributed by atoms with Gasteiger partial charge in [-0.25, -0.2) is 4.98 Å². The maximum Gasteiger partial charge on any atom is 0.198 e. The average Bonchev–Trinajstić information content (AvgIpc) is 2.47. The summed E-state index contributed by atoms with van der Waals surface area (Å²) in [4.78, 5) is 8.23. The van der Waals surface area contributed by atoms with Gasteiger partial charge in [-0.05, 0) is 17.9 Å². The molecule has 0 bridgehead atoms. The van der Waals surface area contributed by atoms with Crippen LogP contribution >= 0.6 is 12.6 Å². The minimum Gasteiger partial charge on any atom is -0.439 e. The Morgan fingerprint density at radius 3 is 3.17 bits per heavy atom. The molecule has 2 aromatic heterocycles. The van der Waals surface area contributed by atoms with Gasteiger partial charge in [0.1, 0.15) is 0 Å². The quantitative estimate of drug-likeness (QED) is 0.715. The first kappa shape index (κ1) is 7.61. The van der Waals surface area contributed by atoms with E-state index in [1.54, 1.807) is 6.20 Å². The highest BCUT2D eigenvalue weighted by molar-refractivity contribution is 7.80. The van der Waals surface area contributed by atoms with Crippen LogP contribution < -0.4 is 0 Å². The normalized spacial score (nSPS) is 10.8. The fraction of sp³-hybridized carbons (Fsp3) is 0.250. The molecule has 0 atom stereocenters. The second-order valence-electron chi connectivity index (χ2n) is 2.41. The van der Waals surface area contributed by atoms with Crippen LogP contribution in [0.2, 0.25) is 0 Å². The topological polar surface area (TPSA) is 38.9 Å². The Bertz CT molecular complexity index is 352. The van der Waals surface area contributed by atoms with Crippen molar-refractivity contribution < 1.29 is 4.42 Å². The number of rotatable bonds is 2. The van der Waals surface area contributed by atoms with E-state index in [4.69, 9.17) is 4.42 Å². The Kier molecular flexibility index (Phi) is 1.99. The monoisotopic (exact) mass is 180 g/mol. The summed E-state index contributed by atoms with van der Waals surface area (Å²) in [5.41, 5.74) is 1.42. The molecule has 0 N–H and O–H groups in total. The predicted octanol–water partition coefficient (Wildman–Crippen LogP) is 1.70. The van der Waals surface area contributed by atoms with E-state index in [0.717, 1.165) is 17.8 Å². The molecular formula is C8H8N2OS. The third-order valence-electron chi connectivity index (χ3n) is 1.53. The third-order valence-corrected chi connectivity index (χ3v) is 1.76. The minimum absolute atomic E-state index is 0.675. The summed E-state index contributed by atoms with van der Waals surface area (Å²) in [6, 6.07) is 3.69. The van der Waals surface area contributed by atoms with E-state index in [1.807, 2.05) is 12.1 Å². The van der Waals surface area contributed by atoms with Gasteiger partial charge in [-0.3, -0.25) is 0 Å². The molecule has 2 aromatic rings. The molecule has 0 saturated heterocycles. The first-order valence-corrected chi connectivity index (χ1v) is 4.34. The number of hydrogen-bond donors (Lipinski definition) is 1. The number of hydrogen-bond acceptors (Lipinski definition) is 4. The van der Waals surface area contributed by atoms with E-state index < -0.39 is 0 Å². The van der Waals surface area contributed by atoms with E-state index >= 15 is 0 Å². The molecule has 0 spiro atoms. The second kappa shape index (κ2) is 3.15. The van der Waals surface area contributed by atoms with Gasteiger partial charge in [0.05, 0.1) is 0 Å². The molecule has 0 radical (unpaired) electrons. The second-order valence-corrected chi connectivity index (χ2v) is 2.85. The van der Waals surface area contributed by atoms with Crippen LogP contribution in [0.5, 0.6) is 0 Å². The van der Waals surface area contributed by atoms with Crippen LogP contribution in [0.1, 0.15) is 5.89 Å². The molecule has 0 aromatic carbocycles. The van der Waals surface area contributed by atoms with E-state index in [1.165, 1.54) is 0 Å². The molecule has 0 amide bonds. The van der Waals surface area contributed by atoms with Crippen LogP contribution in [0.15, 0.2) is 22.7 Å². The van der Waals surface area contributed by atoms with Crippen molar-refractivity contribution in [2.45, 2.75) is 6.42 Å². The van der Waals surface area contributed by atoms with Crippen molar-refractivity contribution in [1.29, 1.82) is 0 Å². The van der Waals surface area contributed by atoms with Crippen molar-refractivity contribution >= 4 is 23.9 Å². The van der Waals surface area contributed by atoms with Gasteiger partial charge in [-0.1, -0.05) is 0 Å². The Morgan fingerprint density at radius 1 is 1.50 bits per heavy atom. The van der Waals surface area contributed by atoms with Crippen LogP contribution in [0, 0.1) is 0 Å². The van der Waals surface area contributed by atoms with Crippen LogP contribution in [0.25, 0.3) is 11.2 Å². The summed E-state index contributed by atoms with van der Waals surface area (Å²) >= 11 is 4.09. The van der Waals surface area contributed by atoms with Crippen LogP contribution in [-0.4, -0.2) is 15.7 Å². The summed E-state index contributed by atoms with van der Waals surface area (Å²) in [5, 5.41) is 0. The SMILES string of the molecule is SCCc1nc2ncccc2o1. The molecule has 0 unspecified atom stereocenters. The maximum absolute atomic E-state index is 5.39. The molecule has 0 aliphatic rings. The summed E-state index contributed by atoms with van der Waals surface area (Å²) in [6.45, 7) is 0. The molecule has 2 heterocycles. The van der Waals surface area contributed by atoms with Gasteiger partial charge in [0.2, 0.25) is 0 Å². The van der Waals surface area contributed by atoms with Crippen LogP contribution in [-0.2, 0) is 6.42 Å². The standard InChI is InChI=1S/C8H8N2OS/c12-5-3-7-10-8-6(11-7)2-1-4-9-8/h1-2,4,12H,3,5H2. The number of oxazole rings is 1. The van der Waals surface area contributed by atoms with Crippen LogP contribution in [0.4, 0.5) is 0 Å². The Morgan fingerprint density at radius 2 is 2.42 bits per heavy atom.